The maximum absolute atomic E-state index is 11.7. The summed E-state index contributed by atoms with van der Waals surface area (Å²) in [5.41, 5.74) is 0. The zero-order valence-corrected chi connectivity index (χ0v) is 4.87. The molecular weight excluding hydrogens is 154 g/mol. The summed E-state index contributed by atoms with van der Waals surface area (Å²) in [7, 11) is 0.394. The summed E-state index contributed by atoms with van der Waals surface area (Å²) < 4.78 is 49.9. The molecule has 58 valence electrons. The van der Waals surface area contributed by atoms with Crippen LogP contribution in [0.5, 0.6) is 0 Å². The fourth-order valence-corrected chi connectivity index (χ4v) is 0.193. The highest BCUT2D eigenvalue weighted by molar-refractivity contribution is 4.97. The molecule has 0 amide bonds. The first kappa shape index (κ1) is 9.17. The molecule has 0 rings (SSSR count). The van der Waals surface area contributed by atoms with Gasteiger partial charge in [0.25, 0.3) is 0 Å². The molecule has 2 nitrogen and oxygen atoms in total. The van der Waals surface area contributed by atoms with Gasteiger partial charge in [0, 0.05) is 7.11 Å². The predicted octanol–water partition coefficient (Wildman–Crippen LogP) is 1.38. The lowest BCUT2D eigenvalue weighted by molar-refractivity contribution is -0.316. The van der Waals surface area contributed by atoms with E-state index in [0.717, 1.165) is 0 Å². The molecule has 0 aliphatic heterocycles. The van der Waals surface area contributed by atoms with Crippen LogP contribution in [0.25, 0.3) is 0 Å². The summed E-state index contributed by atoms with van der Waals surface area (Å²) in [4.78, 5) is 0. The van der Waals surface area contributed by atoms with Gasteiger partial charge < -0.3 is 4.74 Å². The monoisotopic (exact) mass is 157 g/mol. The maximum atomic E-state index is 11.7. The standard InChI is InChI=1S/C4H3F4NO/c1-10-4(7,8)3(5,6)2-9/h1H3. The largest absolute Gasteiger partial charge is 0.433 e. The van der Waals surface area contributed by atoms with Crippen LogP contribution in [0.1, 0.15) is 0 Å². The first-order valence-electron chi connectivity index (χ1n) is 2.09. The molecule has 0 aromatic heterocycles. The minimum Gasteiger partial charge on any atom is -0.318 e. The van der Waals surface area contributed by atoms with Gasteiger partial charge in [-0.05, 0) is 0 Å². The van der Waals surface area contributed by atoms with Crippen LogP contribution in [0.2, 0.25) is 0 Å². The molecule has 0 bridgehead atoms. The fourth-order valence-electron chi connectivity index (χ4n) is 0.193. The van der Waals surface area contributed by atoms with Crippen LogP contribution < -0.4 is 0 Å². The van der Waals surface area contributed by atoms with Crippen molar-refractivity contribution in [2.45, 2.75) is 12.0 Å². The van der Waals surface area contributed by atoms with Gasteiger partial charge in [-0.3, -0.25) is 0 Å². The van der Waals surface area contributed by atoms with Gasteiger partial charge in [0.05, 0.1) is 0 Å². The van der Waals surface area contributed by atoms with E-state index < -0.39 is 12.0 Å². The van der Waals surface area contributed by atoms with Gasteiger partial charge in [-0.2, -0.15) is 22.8 Å². The molecule has 0 fully saturated rings. The molecule has 0 aromatic rings. The Labute approximate surface area is 54.0 Å². The second-order valence-electron chi connectivity index (χ2n) is 1.41. The van der Waals surface area contributed by atoms with Crippen molar-refractivity contribution in [3.05, 3.63) is 0 Å². The molecule has 0 N–H and O–H groups in total. The zero-order valence-electron chi connectivity index (χ0n) is 4.87. The Morgan fingerprint density at radius 3 is 1.80 bits per heavy atom. The summed E-state index contributed by atoms with van der Waals surface area (Å²) in [6, 6.07) is 0.124. The second kappa shape index (κ2) is 2.42. The Morgan fingerprint density at radius 2 is 1.70 bits per heavy atom. The van der Waals surface area contributed by atoms with Gasteiger partial charge in [-0.25, -0.2) is 0 Å². The first-order chi connectivity index (χ1) is 4.37. The number of methoxy groups -OCH3 is 1. The predicted molar refractivity (Wildman–Crippen MR) is 22.5 cm³/mol. The Balaban J connectivity index is 4.49. The van der Waals surface area contributed by atoms with E-state index in [-0.39, 0.29) is 6.07 Å². The van der Waals surface area contributed by atoms with Gasteiger partial charge in [0.2, 0.25) is 0 Å². The van der Waals surface area contributed by atoms with Crippen molar-refractivity contribution in [1.29, 1.82) is 5.26 Å². The van der Waals surface area contributed by atoms with Crippen molar-refractivity contribution >= 4 is 0 Å². The van der Waals surface area contributed by atoms with Crippen LogP contribution in [0.4, 0.5) is 17.6 Å². The van der Waals surface area contributed by atoms with Gasteiger partial charge in [-0.1, -0.05) is 0 Å². The van der Waals surface area contributed by atoms with Crippen LogP contribution >= 0.6 is 0 Å². The molecule has 0 aliphatic carbocycles. The third-order valence-electron chi connectivity index (χ3n) is 0.762. The maximum Gasteiger partial charge on any atom is 0.433 e. The number of nitriles is 1. The van der Waals surface area contributed by atoms with Crippen molar-refractivity contribution < 1.29 is 22.3 Å². The summed E-state index contributed by atoms with van der Waals surface area (Å²) in [5.74, 6) is -4.76. The lowest BCUT2D eigenvalue weighted by Gasteiger charge is -2.17. The van der Waals surface area contributed by atoms with E-state index in [4.69, 9.17) is 5.26 Å². The van der Waals surface area contributed by atoms with Crippen molar-refractivity contribution in [2.24, 2.45) is 0 Å². The summed E-state index contributed by atoms with van der Waals surface area (Å²) in [6.07, 6.45) is -4.71. The number of nitrogens with zero attached hydrogens (tertiary/aromatic N) is 1. The first-order valence-corrected chi connectivity index (χ1v) is 2.09. The average molecular weight is 157 g/mol. The molecule has 0 spiro atoms. The Bertz CT molecular complexity index is 161. The van der Waals surface area contributed by atoms with Gasteiger partial charge in [0.1, 0.15) is 6.07 Å². The van der Waals surface area contributed by atoms with Crippen molar-refractivity contribution in [3.8, 4) is 6.07 Å². The number of rotatable bonds is 2. The third-order valence-corrected chi connectivity index (χ3v) is 0.762. The van der Waals surface area contributed by atoms with E-state index in [9.17, 15) is 17.6 Å². The quantitative estimate of drug-likeness (QED) is 0.567. The molecule has 6 heteroatoms. The number of halogens is 4. The minimum absolute atomic E-state index is 0.124. The molecule has 0 aromatic carbocycles. The molecule has 0 saturated heterocycles. The lowest BCUT2D eigenvalue weighted by Crippen LogP contribution is -2.40. The van der Waals surface area contributed by atoms with E-state index in [0.29, 0.717) is 7.11 Å². The molecule has 0 aliphatic rings. The van der Waals surface area contributed by atoms with E-state index in [2.05, 4.69) is 4.74 Å². The van der Waals surface area contributed by atoms with Crippen LogP contribution in [-0.4, -0.2) is 19.1 Å². The second-order valence-corrected chi connectivity index (χ2v) is 1.41. The normalized spacial score (nSPS) is 12.8. The highest BCUT2D eigenvalue weighted by Gasteiger charge is 2.58. The van der Waals surface area contributed by atoms with Crippen molar-refractivity contribution in [2.75, 3.05) is 7.11 Å². The third kappa shape index (κ3) is 1.36. The SMILES string of the molecule is COC(F)(F)C(F)(F)C#N. The highest BCUT2D eigenvalue weighted by Crippen LogP contribution is 2.33. The van der Waals surface area contributed by atoms with Crippen LogP contribution in [0.3, 0.4) is 0 Å². The van der Waals surface area contributed by atoms with Crippen LogP contribution in [0, 0.1) is 11.3 Å². The highest BCUT2D eigenvalue weighted by atomic mass is 19.3. The molecule has 0 unspecified atom stereocenters. The van der Waals surface area contributed by atoms with E-state index in [1.54, 1.807) is 0 Å². The molecule has 0 atom stereocenters. The molecule has 10 heavy (non-hydrogen) atoms. The summed E-state index contributed by atoms with van der Waals surface area (Å²) in [6.45, 7) is 0. The van der Waals surface area contributed by atoms with Gasteiger partial charge >= 0.3 is 12.0 Å². The van der Waals surface area contributed by atoms with Gasteiger partial charge in [0.15, 0.2) is 0 Å². The fraction of sp³-hybridized carbons (Fsp3) is 0.750. The topological polar surface area (TPSA) is 33.0 Å². The van der Waals surface area contributed by atoms with Crippen molar-refractivity contribution in [3.63, 3.8) is 0 Å². The van der Waals surface area contributed by atoms with Crippen molar-refractivity contribution in [1.82, 2.24) is 0 Å². The number of alkyl halides is 4. The average Bonchev–Trinajstić information content (AvgIpc) is 1.88. The number of hydrogen-bond donors (Lipinski definition) is 0. The van der Waals surface area contributed by atoms with Crippen LogP contribution in [0.15, 0.2) is 0 Å². The van der Waals surface area contributed by atoms with E-state index >= 15 is 0 Å². The molecule has 0 saturated carbocycles. The van der Waals surface area contributed by atoms with Crippen LogP contribution in [-0.2, 0) is 4.74 Å². The molecule has 0 radical (unpaired) electrons. The Morgan fingerprint density at radius 1 is 1.30 bits per heavy atom. The van der Waals surface area contributed by atoms with Gasteiger partial charge in [-0.15, -0.1) is 0 Å². The summed E-state index contributed by atoms with van der Waals surface area (Å²) >= 11 is 0. The summed E-state index contributed by atoms with van der Waals surface area (Å²) in [5, 5.41) is 7.50. The number of ether oxygens (including phenoxy) is 1. The lowest BCUT2D eigenvalue weighted by atomic mass is 10.3. The zero-order chi connectivity index (χ0) is 8.41. The smallest absolute Gasteiger partial charge is 0.318 e. The van der Waals surface area contributed by atoms with E-state index in [1.165, 1.54) is 0 Å². The van der Waals surface area contributed by atoms with E-state index in [1.807, 2.05) is 0 Å². The molecular formula is C4H3F4NO. The Kier molecular flexibility index (Phi) is 2.22. The molecule has 0 heterocycles. The Hall–Kier alpha value is -0.830. The number of hydrogen-bond acceptors (Lipinski definition) is 2. The minimum atomic E-state index is -4.76.